The van der Waals surface area contributed by atoms with Gasteiger partial charge >= 0.3 is 0 Å². The molecule has 0 radical (unpaired) electrons. The zero-order valence-electron chi connectivity index (χ0n) is 12.5. The van der Waals surface area contributed by atoms with Gasteiger partial charge in [0.25, 0.3) is 0 Å². The Morgan fingerprint density at radius 2 is 2.00 bits per heavy atom. The number of rotatable bonds is 6. The highest BCUT2D eigenvalue weighted by atomic mass is 79.9. The topological polar surface area (TPSA) is 24.9 Å². The largest absolute Gasteiger partial charge is 0.309 e. The molecule has 1 unspecified atom stereocenters. The number of pyridine rings is 1. The minimum absolute atomic E-state index is 0.314. The Kier molecular flexibility index (Phi) is 5.55. The van der Waals surface area contributed by atoms with Crippen LogP contribution in [0.5, 0.6) is 0 Å². The molecule has 108 valence electrons. The Morgan fingerprint density at radius 1 is 1.25 bits per heavy atom. The summed E-state index contributed by atoms with van der Waals surface area (Å²) < 4.78 is 1.10. The van der Waals surface area contributed by atoms with Gasteiger partial charge in [0.15, 0.2) is 0 Å². The van der Waals surface area contributed by atoms with Gasteiger partial charge in [0.1, 0.15) is 0 Å². The fraction of sp³-hybridized carbons (Fsp3) is 0.471. The molecule has 1 N–H and O–H groups in total. The molecule has 0 bridgehead atoms. The van der Waals surface area contributed by atoms with Crippen LogP contribution < -0.4 is 5.32 Å². The molecule has 1 atom stereocenters. The molecular weight excluding hydrogens is 312 g/mol. The zero-order valence-corrected chi connectivity index (χ0v) is 14.1. The molecule has 2 rings (SSSR count). The molecule has 0 saturated heterocycles. The third kappa shape index (κ3) is 3.80. The monoisotopic (exact) mass is 334 g/mol. The number of fused-ring (bicyclic) bond motifs is 1. The quantitative estimate of drug-likeness (QED) is 0.796. The van der Waals surface area contributed by atoms with Gasteiger partial charge < -0.3 is 5.32 Å². The van der Waals surface area contributed by atoms with E-state index in [0.29, 0.717) is 12.0 Å². The number of para-hydroxylation sites is 1. The summed E-state index contributed by atoms with van der Waals surface area (Å²) in [5, 5.41) is 4.81. The lowest BCUT2D eigenvalue weighted by Crippen LogP contribution is -2.25. The van der Waals surface area contributed by atoms with E-state index in [9.17, 15) is 0 Å². The summed E-state index contributed by atoms with van der Waals surface area (Å²) in [7, 11) is 0. The number of hydrogen-bond donors (Lipinski definition) is 1. The fourth-order valence-corrected chi connectivity index (χ4v) is 3.04. The lowest BCUT2D eigenvalue weighted by Gasteiger charge is -2.21. The highest BCUT2D eigenvalue weighted by Gasteiger charge is 2.17. The van der Waals surface area contributed by atoms with E-state index in [4.69, 9.17) is 4.98 Å². The van der Waals surface area contributed by atoms with Crippen molar-refractivity contribution < 1.29 is 0 Å². The lowest BCUT2D eigenvalue weighted by molar-refractivity contribution is 0.422. The number of halogens is 1. The summed E-state index contributed by atoms with van der Waals surface area (Å²) >= 11 is 3.70. The van der Waals surface area contributed by atoms with Crippen LogP contribution in [0, 0.1) is 5.92 Å². The van der Waals surface area contributed by atoms with Crippen LogP contribution in [-0.2, 0) is 0 Å². The number of aromatic nitrogens is 1. The number of hydrogen-bond acceptors (Lipinski definition) is 2. The first-order valence-electron chi connectivity index (χ1n) is 7.40. The van der Waals surface area contributed by atoms with Crippen molar-refractivity contribution in [3.05, 3.63) is 40.5 Å². The molecule has 3 heteroatoms. The fourth-order valence-electron chi connectivity index (χ4n) is 2.43. The van der Waals surface area contributed by atoms with E-state index in [1.54, 1.807) is 0 Å². The van der Waals surface area contributed by atoms with Gasteiger partial charge in [0.2, 0.25) is 0 Å². The number of benzene rings is 1. The Hall–Kier alpha value is -0.930. The van der Waals surface area contributed by atoms with Crippen LogP contribution >= 0.6 is 15.9 Å². The maximum atomic E-state index is 4.87. The first-order chi connectivity index (χ1) is 9.61. The third-order valence-electron chi connectivity index (χ3n) is 3.38. The van der Waals surface area contributed by atoms with Crippen LogP contribution in [0.25, 0.3) is 10.9 Å². The molecule has 0 spiro atoms. The standard InChI is InChI=1S/C17H23BrN2/c1-4-9-19-16(10-12(2)3)17-14(18)11-13-7-5-6-8-15(13)20-17/h5-8,11-12,16,19H,4,9-10H2,1-3H3. The molecule has 2 aromatic rings. The van der Waals surface area contributed by atoms with E-state index in [1.165, 1.54) is 5.39 Å². The maximum absolute atomic E-state index is 4.87. The van der Waals surface area contributed by atoms with Gasteiger partial charge in [-0.25, -0.2) is 4.98 Å². The minimum Gasteiger partial charge on any atom is -0.309 e. The summed E-state index contributed by atoms with van der Waals surface area (Å²) in [5.41, 5.74) is 2.20. The molecule has 1 aromatic carbocycles. The average Bonchev–Trinajstić information content (AvgIpc) is 2.42. The molecule has 0 aliphatic heterocycles. The molecule has 0 aliphatic carbocycles. The Labute approximate surface area is 130 Å². The van der Waals surface area contributed by atoms with Gasteiger partial charge in [-0.05, 0) is 53.4 Å². The summed E-state index contributed by atoms with van der Waals surface area (Å²) in [5.74, 6) is 0.643. The molecule has 20 heavy (non-hydrogen) atoms. The van der Waals surface area contributed by atoms with Crippen LogP contribution in [0.4, 0.5) is 0 Å². The van der Waals surface area contributed by atoms with Crippen molar-refractivity contribution in [3.8, 4) is 0 Å². The normalized spacial score (nSPS) is 13.1. The van der Waals surface area contributed by atoms with Gasteiger partial charge in [0.05, 0.1) is 17.3 Å². The van der Waals surface area contributed by atoms with Gasteiger partial charge in [-0.15, -0.1) is 0 Å². The van der Waals surface area contributed by atoms with Crippen LogP contribution in [-0.4, -0.2) is 11.5 Å². The molecule has 0 amide bonds. The average molecular weight is 335 g/mol. The van der Waals surface area contributed by atoms with Crippen molar-refractivity contribution in [2.24, 2.45) is 5.92 Å². The summed E-state index contributed by atoms with van der Waals surface area (Å²) in [6.45, 7) is 7.74. The van der Waals surface area contributed by atoms with E-state index in [2.05, 4.69) is 66.3 Å². The first kappa shape index (κ1) is 15.5. The van der Waals surface area contributed by atoms with E-state index in [0.717, 1.165) is 35.1 Å². The Balaban J connectivity index is 2.37. The lowest BCUT2D eigenvalue weighted by atomic mass is 10.00. The molecular formula is C17H23BrN2. The molecule has 1 aromatic heterocycles. The maximum Gasteiger partial charge on any atom is 0.0722 e. The van der Waals surface area contributed by atoms with Crippen molar-refractivity contribution in [3.63, 3.8) is 0 Å². The van der Waals surface area contributed by atoms with Crippen LogP contribution in [0.3, 0.4) is 0 Å². The SMILES string of the molecule is CCCNC(CC(C)C)c1nc2ccccc2cc1Br. The Bertz CT molecular complexity index is 566. The van der Waals surface area contributed by atoms with Crippen molar-refractivity contribution in [2.75, 3.05) is 6.54 Å². The first-order valence-corrected chi connectivity index (χ1v) is 8.19. The highest BCUT2D eigenvalue weighted by molar-refractivity contribution is 9.10. The zero-order chi connectivity index (χ0) is 14.5. The van der Waals surface area contributed by atoms with Crippen LogP contribution in [0.1, 0.15) is 45.3 Å². The second-order valence-corrected chi connectivity index (χ2v) is 6.54. The van der Waals surface area contributed by atoms with Gasteiger partial charge in [0, 0.05) is 9.86 Å². The molecule has 0 saturated carbocycles. The van der Waals surface area contributed by atoms with Crippen molar-refractivity contribution in [1.82, 2.24) is 10.3 Å². The second-order valence-electron chi connectivity index (χ2n) is 5.68. The van der Waals surface area contributed by atoms with E-state index >= 15 is 0 Å². The summed E-state index contributed by atoms with van der Waals surface area (Å²) in [6, 6.07) is 10.8. The van der Waals surface area contributed by atoms with Gasteiger partial charge in [-0.2, -0.15) is 0 Å². The van der Waals surface area contributed by atoms with Crippen molar-refractivity contribution in [2.45, 2.75) is 39.7 Å². The molecule has 1 heterocycles. The number of nitrogens with one attached hydrogen (secondary N) is 1. The molecule has 0 fully saturated rings. The highest BCUT2D eigenvalue weighted by Crippen LogP contribution is 2.29. The third-order valence-corrected chi connectivity index (χ3v) is 4.02. The van der Waals surface area contributed by atoms with Crippen molar-refractivity contribution >= 4 is 26.8 Å². The second kappa shape index (κ2) is 7.19. The molecule has 0 aliphatic rings. The molecule has 2 nitrogen and oxygen atoms in total. The number of nitrogens with zero attached hydrogens (tertiary/aromatic N) is 1. The van der Waals surface area contributed by atoms with E-state index in [1.807, 2.05) is 6.07 Å². The van der Waals surface area contributed by atoms with Crippen molar-refractivity contribution in [1.29, 1.82) is 0 Å². The van der Waals surface area contributed by atoms with Gasteiger partial charge in [-0.1, -0.05) is 39.0 Å². The van der Waals surface area contributed by atoms with Gasteiger partial charge in [-0.3, -0.25) is 0 Å². The summed E-state index contributed by atoms with van der Waals surface area (Å²) in [4.78, 5) is 4.87. The predicted molar refractivity (Wildman–Crippen MR) is 89.9 cm³/mol. The Morgan fingerprint density at radius 3 is 2.70 bits per heavy atom. The van der Waals surface area contributed by atoms with E-state index in [-0.39, 0.29) is 0 Å². The predicted octanol–water partition coefficient (Wildman–Crippen LogP) is 5.08. The smallest absolute Gasteiger partial charge is 0.0722 e. The van der Waals surface area contributed by atoms with Crippen LogP contribution in [0.15, 0.2) is 34.8 Å². The van der Waals surface area contributed by atoms with Crippen LogP contribution in [0.2, 0.25) is 0 Å². The van der Waals surface area contributed by atoms with E-state index < -0.39 is 0 Å². The minimum atomic E-state index is 0.314. The summed E-state index contributed by atoms with van der Waals surface area (Å²) in [6.07, 6.45) is 2.24.